The first kappa shape index (κ1) is 14.3. The maximum Gasteiger partial charge on any atom is 0.326 e. The van der Waals surface area contributed by atoms with E-state index in [1.54, 1.807) is 6.92 Å². The highest BCUT2D eigenvalue weighted by molar-refractivity contribution is 5.76. The fourth-order valence-corrected chi connectivity index (χ4v) is 1.58. The standard InChI is InChI=1S/C12H18FN3O2/c1-3-5-6-9(12(17)18)16-11-10(13)8(4-2)14-7-15-11/h7,9H,3-6H2,1-2H3,(H,17,18)(H,14,15,16)/t9-/m0/s1. The SMILES string of the molecule is CCCC[C@H](Nc1ncnc(CC)c1F)C(=O)O. The van der Waals surface area contributed by atoms with Gasteiger partial charge in [0.25, 0.3) is 0 Å². The van der Waals surface area contributed by atoms with Crippen molar-refractivity contribution in [1.82, 2.24) is 9.97 Å². The van der Waals surface area contributed by atoms with Crippen molar-refractivity contribution in [2.45, 2.75) is 45.6 Å². The van der Waals surface area contributed by atoms with Crippen molar-refractivity contribution in [3.63, 3.8) is 0 Å². The molecule has 0 unspecified atom stereocenters. The smallest absolute Gasteiger partial charge is 0.326 e. The number of carbonyl (C=O) groups is 1. The first-order valence-corrected chi connectivity index (χ1v) is 6.08. The number of nitrogens with zero attached hydrogens (tertiary/aromatic N) is 2. The average molecular weight is 255 g/mol. The highest BCUT2D eigenvalue weighted by Gasteiger charge is 2.19. The Morgan fingerprint density at radius 3 is 2.78 bits per heavy atom. The zero-order valence-electron chi connectivity index (χ0n) is 10.6. The Hall–Kier alpha value is -1.72. The van der Waals surface area contributed by atoms with E-state index in [0.29, 0.717) is 12.8 Å². The number of nitrogens with one attached hydrogen (secondary N) is 1. The Bertz CT molecular complexity index is 412. The van der Waals surface area contributed by atoms with E-state index in [0.717, 1.165) is 12.8 Å². The van der Waals surface area contributed by atoms with Gasteiger partial charge in [0.05, 0.1) is 5.69 Å². The molecule has 1 atom stereocenters. The summed E-state index contributed by atoms with van der Waals surface area (Å²) in [5.74, 6) is -1.60. The van der Waals surface area contributed by atoms with Crippen molar-refractivity contribution < 1.29 is 14.3 Å². The van der Waals surface area contributed by atoms with Crippen LogP contribution >= 0.6 is 0 Å². The van der Waals surface area contributed by atoms with Crippen LogP contribution in [-0.2, 0) is 11.2 Å². The monoisotopic (exact) mass is 255 g/mol. The van der Waals surface area contributed by atoms with Gasteiger partial charge in [-0.2, -0.15) is 0 Å². The minimum atomic E-state index is -1.00. The number of carboxylic acid groups (broad SMARTS) is 1. The molecule has 1 rings (SSSR count). The summed E-state index contributed by atoms with van der Waals surface area (Å²) in [6, 6.07) is -0.820. The second-order valence-corrected chi connectivity index (χ2v) is 4.01. The number of rotatable bonds is 7. The van der Waals surface area contributed by atoms with Crippen LogP contribution in [0.3, 0.4) is 0 Å². The average Bonchev–Trinajstić information content (AvgIpc) is 2.36. The molecule has 100 valence electrons. The summed E-state index contributed by atoms with van der Waals surface area (Å²) in [5.41, 5.74) is 0.284. The van der Waals surface area contributed by atoms with Crippen LogP contribution in [0.25, 0.3) is 0 Å². The van der Waals surface area contributed by atoms with Crippen LogP contribution in [0.2, 0.25) is 0 Å². The molecule has 0 aliphatic carbocycles. The molecule has 0 fully saturated rings. The van der Waals surface area contributed by atoms with Gasteiger partial charge in [-0.15, -0.1) is 0 Å². The second kappa shape index (κ2) is 6.88. The quantitative estimate of drug-likeness (QED) is 0.781. The van der Waals surface area contributed by atoms with Crippen molar-refractivity contribution in [3.05, 3.63) is 17.8 Å². The van der Waals surface area contributed by atoms with E-state index >= 15 is 0 Å². The van der Waals surface area contributed by atoms with Crippen molar-refractivity contribution in [2.24, 2.45) is 0 Å². The molecule has 18 heavy (non-hydrogen) atoms. The van der Waals surface area contributed by atoms with E-state index in [2.05, 4.69) is 15.3 Å². The Morgan fingerprint density at radius 2 is 2.22 bits per heavy atom. The van der Waals surface area contributed by atoms with Gasteiger partial charge >= 0.3 is 5.97 Å². The molecule has 1 aromatic heterocycles. The predicted octanol–water partition coefficient (Wildman–Crippen LogP) is 2.23. The molecule has 0 radical (unpaired) electrons. The van der Waals surface area contributed by atoms with E-state index < -0.39 is 17.8 Å². The molecule has 0 bridgehead atoms. The van der Waals surface area contributed by atoms with Crippen LogP contribution in [0.4, 0.5) is 10.2 Å². The molecule has 0 aliphatic heterocycles. The zero-order chi connectivity index (χ0) is 13.5. The van der Waals surface area contributed by atoms with Crippen LogP contribution in [0, 0.1) is 5.82 Å². The van der Waals surface area contributed by atoms with Crippen LogP contribution in [0.15, 0.2) is 6.33 Å². The molecular formula is C12H18FN3O2. The van der Waals surface area contributed by atoms with E-state index in [1.807, 2.05) is 6.92 Å². The summed E-state index contributed by atoms with van der Waals surface area (Å²) in [7, 11) is 0. The number of aliphatic carboxylic acids is 1. The number of halogens is 1. The Kier molecular flexibility index (Phi) is 5.48. The number of anilines is 1. The first-order valence-electron chi connectivity index (χ1n) is 6.08. The lowest BCUT2D eigenvalue weighted by molar-refractivity contribution is -0.138. The molecule has 0 aromatic carbocycles. The summed E-state index contributed by atoms with van der Waals surface area (Å²) in [4.78, 5) is 18.6. The zero-order valence-corrected chi connectivity index (χ0v) is 10.6. The molecule has 5 nitrogen and oxygen atoms in total. The third-order valence-electron chi connectivity index (χ3n) is 2.65. The van der Waals surface area contributed by atoms with Crippen LogP contribution in [0.5, 0.6) is 0 Å². The number of unbranched alkanes of at least 4 members (excludes halogenated alkanes) is 1. The van der Waals surface area contributed by atoms with Gasteiger partial charge in [-0.05, 0) is 12.8 Å². The van der Waals surface area contributed by atoms with Crippen molar-refractivity contribution in [2.75, 3.05) is 5.32 Å². The number of carboxylic acids is 1. The highest BCUT2D eigenvalue weighted by atomic mass is 19.1. The molecule has 6 heteroatoms. The Labute approximate surface area is 105 Å². The van der Waals surface area contributed by atoms with Gasteiger partial charge in [-0.25, -0.2) is 19.2 Å². The largest absolute Gasteiger partial charge is 0.480 e. The van der Waals surface area contributed by atoms with Crippen LogP contribution in [-0.4, -0.2) is 27.1 Å². The molecule has 0 spiro atoms. The number of hydrogen-bond donors (Lipinski definition) is 2. The molecule has 0 saturated carbocycles. The molecule has 2 N–H and O–H groups in total. The number of aromatic nitrogens is 2. The first-order chi connectivity index (χ1) is 8.60. The molecule has 0 saturated heterocycles. The fraction of sp³-hybridized carbons (Fsp3) is 0.583. The second-order valence-electron chi connectivity index (χ2n) is 4.01. The van der Waals surface area contributed by atoms with Gasteiger partial charge in [-0.3, -0.25) is 0 Å². The van der Waals surface area contributed by atoms with Gasteiger partial charge in [-0.1, -0.05) is 26.7 Å². The third-order valence-corrected chi connectivity index (χ3v) is 2.65. The summed E-state index contributed by atoms with van der Waals surface area (Å²) in [6.07, 6.45) is 3.77. The Balaban J connectivity index is 2.83. The van der Waals surface area contributed by atoms with Crippen LogP contribution < -0.4 is 5.32 Å². The number of aryl methyl sites for hydroxylation is 1. The summed E-state index contributed by atoms with van der Waals surface area (Å²) in [6.45, 7) is 3.75. The van der Waals surface area contributed by atoms with Crippen molar-refractivity contribution in [1.29, 1.82) is 0 Å². The molecule has 1 heterocycles. The lowest BCUT2D eigenvalue weighted by Crippen LogP contribution is -2.30. The molecule has 1 aromatic rings. The minimum Gasteiger partial charge on any atom is -0.480 e. The normalized spacial score (nSPS) is 12.2. The lowest BCUT2D eigenvalue weighted by Gasteiger charge is -2.15. The highest BCUT2D eigenvalue weighted by Crippen LogP contribution is 2.16. The molecular weight excluding hydrogens is 237 g/mol. The van der Waals surface area contributed by atoms with E-state index in [9.17, 15) is 9.18 Å². The molecule has 0 amide bonds. The summed E-state index contributed by atoms with van der Waals surface area (Å²) >= 11 is 0. The van der Waals surface area contributed by atoms with Gasteiger partial charge in [0.15, 0.2) is 11.6 Å². The molecule has 0 aliphatic rings. The van der Waals surface area contributed by atoms with E-state index in [4.69, 9.17) is 5.11 Å². The summed E-state index contributed by atoms with van der Waals surface area (Å²) < 4.78 is 13.8. The van der Waals surface area contributed by atoms with Gasteiger partial charge in [0.1, 0.15) is 12.4 Å². The van der Waals surface area contributed by atoms with E-state index in [1.165, 1.54) is 6.33 Å². The van der Waals surface area contributed by atoms with Gasteiger partial charge in [0.2, 0.25) is 0 Å². The topological polar surface area (TPSA) is 75.1 Å². The minimum absolute atomic E-state index is 0.0367. The van der Waals surface area contributed by atoms with Crippen LogP contribution in [0.1, 0.15) is 38.8 Å². The number of hydrogen-bond acceptors (Lipinski definition) is 4. The maximum absolute atomic E-state index is 13.8. The van der Waals surface area contributed by atoms with Gasteiger partial charge in [0, 0.05) is 0 Å². The van der Waals surface area contributed by atoms with Gasteiger partial charge < -0.3 is 10.4 Å². The predicted molar refractivity (Wildman–Crippen MR) is 65.9 cm³/mol. The lowest BCUT2D eigenvalue weighted by atomic mass is 10.1. The third kappa shape index (κ3) is 3.65. The van der Waals surface area contributed by atoms with E-state index in [-0.39, 0.29) is 11.5 Å². The fourth-order valence-electron chi connectivity index (χ4n) is 1.58. The Morgan fingerprint density at radius 1 is 1.50 bits per heavy atom. The van der Waals surface area contributed by atoms with Crippen molar-refractivity contribution in [3.8, 4) is 0 Å². The van der Waals surface area contributed by atoms with Crippen molar-refractivity contribution >= 4 is 11.8 Å². The summed E-state index contributed by atoms with van der Waals surface area (Å²) in [5, 5.41) is 11.7. The maximum atomic E-state index is 13.8.